The van der Waals surface area contributed by atoms with Crippen LogP contribution >= 0.6 is 0 Å². The van der Waals surface area contributed by atoms with Crippen LogP contribution in [-0.2, 0) is 10.0 Å². The fraction of sp³-hybridized carbons (Fsp3) is 0.118. The maximum Gasteiger partial charge on any atom is 0.278 e. The van der Waals surface area contributed by atoms with Gasteiger partial charge in [0.05, 0.1) is 10.6 Å². The fourth-order valence-electron chi connectivity index (χ4n) is 2.36. The molecular formula is C17H14N6O5S. The van der Waals surface area contributed by atoms with Crippen molar-refractivity contribution in [3.63, 3.8) is 0 Å². The molecule has 0 saturated heterocycles. The first-order valence-electron chi connectivity index (χ1n) is 8.05. The van der Waals surface area contributed by atoms with Gasteiger partial charge in [-0.1, -0.05) is 5.16 Å². The average Bonchev–Trinajstić information content (AvgIpc) is 3.06. The van der Waals surface area contributed by atoms with Gasteiger partial charge in [-0.25, -0.2) is 8.42 Å². The summed E-state index contributed by atoms with van der Waals surface area (Å²) < 4.78 is 31.8. The molecule has 0 atom stereocenters. The van der Waals surface area contributed by atoms with Gasteiger partial charge in [0, 0.05) is 11.6 Å². The number of nitriles is 1. The molecule has 1 aromatic carbocycles. The molecular weight excluding hydrogens is 400 g/mol. The summed E-state index contributed by atoms with van der Waals surface area (Å²) >= 11 is 0. The van der Waals surface area contributed by atoms with Crippen LogP contribution in [0.15, 0.2) is 54.8 Å². The smallest absolute Gasteiger partial charge is 0.278 e. The van der Waals surface area contributed by atoms with E-state index in [0.717, 1.165) is 0 Å². The predicted molar refractivity (Wildman–Crippen MR) is 101 cm³/mol. The van der Waals surface area contributed by atoms with Crippen LogP contribution in [0.5, 0.6) is 5.88 Å². The van der Waals surface area contributed by atoms with Gasteiger partial charge in [0.2, 0.25) is 5.88 Å². The highest BCUT2D eigenvalue weighted by Crippen LogP contribution is 2.25. The number of H-pyrrole nitrogens is 1. The Kier molecular flexibility index (Phi) is 5.16. The third-order valence-corrected chi connectivity index (χ3v) is 5.18. The molecule has 0 aliphatic carbocycles. The van der Waals surface area contributed by atoms with E-state index in [2.05, 4.69) is 25.1 Å². The van der Waals surface area contributed by atoms with E-state index in [0.29, 0.717) is 5.76 Å². The van der Waals surface area contributed by atoms with Crippen LogP contribution in [0.25, 0.3) is 0 Å². The summed E-state index contributed by atoms with van der Waals surface area (Å²) in [5.41, 5.74) is -0.530. The van der Waals surface area contributed by atoms with Crippen molar-refractivity contribution in [3.8, 4) is 11.9 Å². The third kappa shape index (κ3) is 4.14. The molecule has 0 amide bonds. The van der Waals surface area contributed by atoms with Gasteiger partial charge in [-0.05, 0) is 38.1 Å². The molecule has 0 saturated carbocycles. The number of rotatable bonds is 5. The first-order valence-corrected chi connectivity index (χ1v) is 9.53. The summed E-state index contributed by atoms with van der Waals surface area (Å²) in [6.45, 7) is 3.08. The number of aromatic hydroxyl groups is 1. The Morgan fingerprint density at radius 2 is 1.93 bits per heavy atom. The van der Waals surface area contributed by atoms with Gasteiger partial charge < -0.3 is 9.63 Å². The number of pyridine rings is 1. The van der Waals surface area contributed by atoms with Crippen molar-refractivity contribution in [2.75, 3.05) is 4.72 Å². The lowest BCUT2D eigenvalue weighted by Crippen LogP contribution is -2.12. The SMILES string of the molecule is Cc1cc(NS(=O)(=O)c2ccc(N=Nc3c(C)c(C#N)c(O)[nH]c3=O)cc2)no1. The highest BCUT2D eigenvalue weighted by atomic mass is 32.2. The minimum Gasteiger partial charge on any atom is -0.494 e. The third-order valence-electron chi connectivity index (χ3n) is 3.81. The van der Waals surface area contributed by atoms with Gasteiger partial charge in [-0.2, -0.15) is 10.4 Å². The van der Waals surface area contributed by atoms with E-state index in [1.54, 1.807) is 13.0 Å². The predicted octanol–water partition coefficient (Wildman–Crippen LogP) is 2.77. The lowest BCUT2D eigenvalue weighted by atomic mass is 10.1. The second kappa shape index (κ2) is 7.56. The van der Waals surface area contributed by atoms with Crippen molar-refractivity contribution in [2.24, 2.45) is 10.2 Å². The summed E-state index contributed by atoms with van der Waals surface area (Å²) in [5, 5.41) is 29.9. The molecule has 3 rings (SSSR count). The average molecular weight is 414 g/mol. The Bertz CT molecular complexity index is 1300. The first kappa shape index (κ1) is 19.8. The zero-order chi connectivity index (χ0) is 21.2. The van der Waals surface area contributed by atoms with Crippen LogP contribution in [0.4, 0.5) is 17.2 Å². The standard InChI is InChI=1S/C17H14N6O5S/c1-9-7-14(22-28-9)23-29(26,27)12-5-3-11(4-6-12)20-21-15-10(2)13(8-18)16(24)19-17(15)25/h3-7H,1-2H3,(H,22,23)(H2,19,24,25). The maximum atomic E-state index is 12.3. The molecule has 0 fully saturated rings. The van der Waals surface area contributed by atoms with E-state index in [-0.39, 0.29) is 33.2 Å². The van der Waals surface area contributed by atoms with Crippen molar-refractivity contribution in [1.82, 2.24) is 10.1 Å². The summed E-state index contributed by atoms with van der Waals surface area (Å²) in [5.74, 6) is -0.0302. The van der Waals surface area contributed by atoms with Gasteiger partial charge in [-0.15, -0.1) is 5.11 Å². The summed E-state index contributed by atoms with van der Waals surface area (Å²) in [6, 6.07) is 8.59. The second-order valence-electron chi connectivity index (χ2n) is 5.89. The number of aryl methyl sites for hydroxylation is 1. The number of nitrogens with one attached hydrogen (secondary N) is 2. The van der Waals surface area contributed by atoms with Gasteiger partial charge in [-0.3, -0.25) is 14.5 Å². The van der Waals surface area contributed by atoms with Crippen LogP contribution in [-0.4, -0.2) is 23.7 Å². The topological polar surface area (TPSA) is 174 Å². The first-order chi connectivity index (χ1) is 13.7. The molecule has 0 unspecified atom stereocenters. The number of aromatic amines is 1. The minimum atomic E-state index is -3.87. The molecule has 3 N–H and O–H groups in total. The van der Waals surface area contributed by atoms with Crippen LogP contribution in [0, 0.1) is 25.2 Å². The van der Waals surface area contributed by atoms with Crippen molar-refractivity contribution in [1.29, 1.82) is 5.26 Å². The van der Waals surface area contributed by atoms with Gasteiger partial charge >= 0.3 is 0 Å². The zero-order valence-electron chi connectivity index (χ0n) is 15.2. The quantitative estimate of drug-likeness (QED) is 0.538. The van der Waals surface area contributed by atoms with Crippen molar-refractivity contribution < 1.29 is 18.0 Å². The number of hydrogen-bond donors (Lipinski definition) is 3. The molecule has 12 heteroatoms. The Balaban J connectivity index is 1.85. The van der Waals surface area contributed by atoms with E-state index in [9.17, 15) is 18.3 Å². The van der Waals surface area contributed by atoms with E-state index >= 15 is 0 Å². The zero-order valence-corrected chi connectivity index (χ0v) is 16.0. The van der Waals surface area contributed by atoms with E-state index in [4.69, 9.17) is 9.78 Å². The molecule has 11 nitrogen and oxygen atoms in total. The van der Waals surface area contributed by atoms with E-state index < -0.39 is 21.5 Å². The maximum absolute atomic E-state index is 12.3. The highest BCUT2D eigenvalue weighted by molar-refractivity contribution is 7.92. The summed E-state index contributed by atoms with van der Waals surface area (Å²) in [6.07, 6.45) is 0. The molecule has 0 aliphatic heterocycles. The fourth-order valence-corrected chi connectivity index (χ4v) is 3.35. The number of sulfonamides is 1. The van der Waals surface area contributed by atoms with Gasteiger partial charge in [0.15, 0.2) is 11.5 Å². The molecule has 2 aromatic heterocycles. The number of hydrogen-bond acceptors (Lipinski definition) is 9. The number of azo groups is 1. The Morgan fingerprint density at radius 3 is 2.52 bits per heavy atom. The van der Waals surface area contributed by atoms with Crippen LogP contribution in [0.1, 0.15) is 16.9 Å². The molecule has 0 bridgehead atoms. The normalized spacial score (nSPS) is 11.5. The Morgan fingerprint density at radius 1 is 1.24 bits per heavy atom. The molecule has 148 valence electrons. The van der Waals surface area contributed by atoms with Crippen molar-refractivity contribution in [2.45, 2.75) is 18.7 Å². The summed E-state index contributed by atoms with van der Waals surface area (Å²) in [4.78, 5) is 14.0. The van der Waals surface area contributed by atoms with E-state index in [1.807, 2.05) is 0 Å². The van der Waals surface area contributed by atoms with Crippen LogP contribution < -0.4 is 10.3 Å². The van der Waals surface area contributed by atoms with Crippen molar-refractivity contribution >= 4 is 27.2 Å². The van der Waals surface area contributed by atoms with Crippen molar-refractivity contribution in [3.05, 3.63) is 57.6 Å². The second-order valence-corrected chi connectivity index (χ2v) is 7.57. The number of nitrogens with zero attached hydrogens (tertiary/aromatic N) is 4. The number of benzene rings is 1. The lowest BCUT2D eigenvalue weighted by molar-refractivity contribution is 0.400. The molecule has 0 spiro atoms. The summed E-state index contributed by atoms with van der Waals surface area (Å²) in [7, 11) is -3.87. The van der Waals surface area contributed by atoms with E-state index in [1.165, 1.54) is 37.3 Å². The van der Waals surface area contributed by atoms with Gasteiger partial charge in [0.1, 0.15) is 17.4 Å². The largest absolute Gasteiger partial charge is 0.494 e. The molecule has 0 radical (unpaired) electrons. The number of anilines is 1. The van der Waals surface area contributed by atoms with Crippen LogP contribution in [0.2, 0.25) is 0 Å². The monoisotopic (exact) mass is 414 g/mol. The highest BCUT2D eigenvalue weighted by Gasteiger charge is 2.16. The molecule has 29 heavy (non-hydrogen) atoms. The Hall–Kier alpha value is -3.98. The lowest BCUT2D eigenvalue weighted by Gasteiger charge is -2.05. The molecule has 2 heterocycles. The minimum absolute atomic E-state index is 0.0393. The van der Waals surface area contributed by atoms with Gasteiger partial charge in [0.25, 0.3) is 15.6 Å². The van der Waals surface area contributed by atoms with Crippen LogP contribution in [0.3, 0.4) is 0 Å². The molecule has 3 aromatic rings. The number of aromatic nitrogens is 2. The molecule has 0 aliphatic rings. The Labute approximate surface area is 164 Å².